The molecule has 1 heterocycles. The van der Waals surface area contributed by atoms with Gasteiger partial charge in [-0.2, -0.15) is 0 Å². The van der Waals surface area contributed by atoms with Crippen LogP contribution >= 0.6 is 12.4 Å². The first-order chi connectivity index (χ1) is 17.3. The third-order valence-corrected chi connectivity index (χ3v) is 6.24. The van der Waals surface area contributed by atoms with Gasteiger partial charge in [-0.3, -0.25) is 14.4 Å². The normalized spacial score (nSPS) is 15.7. The van der Waals surface area contributed by atoms with Gasteiger partial charge in [0.15, 0.2) is 0 Å². The van der Waals surface area contributed by atoms with Crippen LogP contribution in [0.25, 0.3) is 0 Å². The van der Waals surface area contributed by atoms with Crippen LogP contribution in [0.2, 0.25) is 0 Å². The van der Waals surface area contributed by atoms with Crippen LogP contribution in [0.3, 0.4) is 0 Å². The Labute approximate surface area is 219 Å². The standard InChI is InChI=1S/C27H26F2N4O3.ClH/c1-16(30-2)25(34)31-22(17-9-4-3-5-10-17)27(36)33-15-18-11-6-7-12-19(18)24(33)26(35)32-23-20(28)13-8-14-21(23)29;/h3-14,16,22,24,30H,15H2,1-2H3,(H,31,34)(H,32,35);1H/t16-,22-,24?;/m0./s1. The highest BCUT2D eigenvalue weighted by atomic mass is 35.5. The Morgan fingerprint density at radius 1 is 0.919 bits per heavy atom. The number of para-hydroxylation sites is 1. The number of benzene rings is 3. The van der Waals surface area contributed by atoms with Crippen LogP contribution in [0.1, 0.15) is 35.7 Å². The summed E-state index contributed by atoms with van der Waals surface area (Å²) < 4.78 is 28.5. The smallest absolute Gasteiger partial charge is 0.252 e. The highest BCUT2D eigenvalue weighted by Gasteiger charge is 2.42. The first kappa shape index (κ1) is 27.8. The van der Waals surface area contributed by atoms with Crippen LogP contribution in [0, 0.1) is 11.6 Å². The van der Waals surface area contributed by atoms with Crippen LogP contribution in [0.5, 0.6) is 0 Å². The number of nitrogens with zero attached hydrogens (tertiary/aromatic N) is 1. The third-order valence-electron chi connectivity index (χ3n) is 6.24. The van der Waals surface area contributed by atoms with E-state index in [0.717, 1.165) is 17.7 Å². The van der Waals surface area contributed by atoms with Gasteiger partial charge in [0.2, 0.25) is 5.91 Å². The molecule has 10 heteroatoms. The van der Waals surface area contributed by atoms with Crippen LogP contribution in [-0.2, 0) is 20.9 Å². The van der Waals surface area contributed by atoms with E-state index in [-0.39, 0.29) is 19.0 Å². The lowest BCUT2D eigenvalue weighted by Crippen LogP contribution is -2.48. The summed E-state index contributed by atoms with van der Waals surface area (Å²) in [6.07, 6.45) is 0. The topological polar surface area (TPSA) is 90.5 Å². The fraction of sp³-hybridized carbons (Fsp3) is 0.222. The Bertz CT molecular complexity index is 1270. The van der Waals surface area contributed by atoms with E-state index < -0.39 is 53.2 Å². The van der Waals surface area contributed by atoms with Crippen LogP contribution in [0.4, 0.5) is 14.5 Å². The predicted molar refractivity (Wildman–Crippen MR) is 138 cm³/mol. The second-order valence-electron chi connectivity index (χ2n) is 8.52. The van der Waals surface area contributed by atoms with Crippen molar-refractivity contribution in [2.45, 2.75) is 31.6 Å². The zero-order valence-corrected chi connectivity index (χ0v) is 21.0. The molecule has 1 unspecified atom stereocenters. The molecule has 194 valence electrons. The molecule has 1 aliphatic rings. The summed E-state index contributed by atoms with van der Waals surface area (Å²) in [7, 11) is 1.63. The number of hydrogen-bond acceptors (Lipinski definition) is 4. The fourth-order valence-corrected chi connectivity index (χ4v) is 4.18. The van der Waals surface area contributed by atoms with Gasteiger partial charge in [0.25, 0.3) is 11.8 Å². The van der Waals surface area contributed by atoms with Gasteiger partial charge in [-0.1, -0.05) is 60.7 Å². The first-order valence-corrected chi connectivity index (χ1v) is 11.5. The van der Waals surface area contributed by atoms with Gasteiger partial charge < -0.3 is 20.9 Å². The minimum Gasteiger partial charge on any atom is -0.339 e. The zero-order valence-electron chi connectivity index (χ0n) is 20.2. The maximum absolute atomic E-state index is 14.3. The molecule has 0 saturated heterocycles. The molecule has 0 fully saturated rings. The van der Waals surface area contributed by atoms with E-state index in [0.29, 0.717) is 11.1 Å². The lowest BCUT2D eigenvalue weighted by molar-refractivity contribution is -0.142. The fourth-order valence-electron chi connectivity index (χ4n) is 4.18. The van der Waals surface area contributed by atoms with Crippen molar-refractivity contribution in [3.05, 3.63) is 101 Å². The van der Waals surface area contributed by atoms with Gasteiger partial charge in [0, 0.05) is 6.54 Å². The molecule has 3 amide bonds. The number of halogens is 3. The highest BCUT2D eigenvalue weighted by Crippen LogP contribution is 2.37. The molecule has 3 atom stereocenters. The molecule has 0 spiro atoms. The predicted octanol–water partition coefficient (Wildman–Crippen LogP) is 3.87. The SMILES string of the molecule is CN[C@@H](C)C(=O)N[C@H](C(=O)N1Cc2ccccc2C1C(=O)Nc1c(F)cccc1F)c1ccccc1.Cl. The number of fused-ring (bicyclic) bond motifs is 1. The largest absolute Gasteiger partial charge is 0.339 e. The van der Waals surface area contributed by atoms with Crippen molar-refractivity contribution in [1.29, 1.82) is 0 Å². The Morgan fingerprint density at radius 3 is 2.19 bits per heavy atom. The monoisotopic (exact) mass is 528 g/mol. The van der Waals surface area contributed by atoms with Gasteiger partial charge in [-0.25, -0.2) is 8.78 Å². The number of carbonyl (C=O) groups is 3. The van der Waals surface area contributed by atoms with E-state index in [1.54, 1.807) is 68.6 Å². The Hall–Kier alpha value is -3.82. The lowest BCUT2D eigenvalue weighted by atomic mass is 10.0. The van der Waals surface area contributed by atoms with Crippen molar-refractivity contribution in [3.8, 4) is 0 Å². The van der Waals surface area contributed by atoms with Crippen molar-refractivity contribution >= 4 is 35.8 Å². The molecule has 1 aliphatic heterocycles. The molecule has 0 saturated carbocycles. The summed E-state index contributed by atoms with van der Waals surface area (Å²) in [5.41, 5.74) is 1.22. The summed E-state index contributed by atoms with van der Waals surface area (Å²) in [5, 5.41) is 7.92. The van der Waals surface area contributed by atoms with Gasteiger partial charge in [-0.15, -0.1) is 12.4 Å². The van der Waals surface area contributed by atoms with E-state index in [2.05, 4.69) is 16.0 Å². The third kappa shape index (κ3) is 5.79. The average Bonchev–Trinajstić information content (AvgIpc) is 3.28. The summed E-state index contributed by atoms with van der Waals surface area (Å²) in [5.74, 6) is -3.54. The Balaban J connectivity index is 0.00000380. The van der Waals surface area contributed by atoms with E-state index in [1.807, 2.05) is 0 Å². The second kappa shape index (κ2) is 11.9. The average molecular weight is 529 g/mol. The minimum atomic E-state index is -1.16. The van der Waals surface area contributed by atoms with Crippen molar-refractivity contribution in [1.82, 2.24) is 15.5 Å². The second-order valence-corrected chi connectivity index (χ2v) is 8.52. The summed E-state index contributed by atoms with van der Waals surface area (Å²) in [6, 6.07) is 16.1. The van der Waals surface area contributed by atoms with Crippen LogP contribution < -0.4 is 16.0 Å². The number of carbonyl (C=O) groups excluding carboxylic acids is 3. The van der Waals surface area contributed by atoms with E-state index in [1.165, 1.54) is 11.0 Å². The van der Waals surface area contributed by atoms with E-state index in [4.69, 9.17) is 0 Å². The van der Waals surface area contributed by atoms with Gasteiger partial charge in [0.05, 0.1) is 6.04 Å². The number of nitrogens with one attached hydrogen (secondary N) is 3. The Kier molecular flexibility index (Phi) is 8.96. The molecular weight excluding hydrogens is 502 g/mol. The summed E-state index contributed by atoms with van der Waals surface area (Å²) in [6.45, 7) is 1.75. The lowest BCUT2D eigenvalue weighted by Gasteiger charge is -2.30. The number of hydrogen-bond donors (Lipinski definition) is 3. The van der Waals surface area contributed by atoms with Crippen molar-refractivity contribution in [3.63, 3.8) is 0 Å². The minimum absolute atomic E-state index is 0. The summed E-state index contributed by atoms with van der Waals surface area (Å²) in [4.78, 5) is 41.4. The molecule has 4 rings (SSSR count). The van der Waals surface area contributed by atoms with E-state index >= 15 is 0 Å². The maximum atomic E-state index is 14.3. The van der Waals surface area contributed by atoms with Crippen molar-refractivity contribution in [2.75, 3.05) is 12.4 Å². The van der Waals surface area contributed by atoms with E-state index in [9.17, 15) is 23.2 Å². The van der Waals surface area contributed by atoms with Gasteiger partial charge in [-0.05, 0) is 42.8 Å². The van der Waals surface area contributed by atoms with Crippen LogP contribution in [0.15, 0.2) is 72.8 Å². The molecular formula is C27H27ClF2N4O3. The zero-order chi connectivity index (χ0) is 25.8. The van der Waals surface area contributed by atoms with Gasteiger partial charge in [0.1, 0.15) is 29.4 Å². The molecule has 0 aliphatic carbocycles. The Morgan fingerprint density at radius 2 is 1.54 bits per heavy atom. The highest BCUT2D eigenvalue weighted by molar-refractivity contribution is 6.00. The molecule has 37 heavy (non-hydrogen) atoms. The van der Waals surface area contributed by atoms with Crippen LogP contribution in [-0.4, -0.2) is 35.7 Å². The first-order valence-electron chi connectivity index (χ1n) is 11.5. The molecule has 0 radical (unpaired) electrons. The number of likely N-dealkylation sites (N-methyl/N-ethyl adjacent to an activating group) is 1. The van der Waals surface area contributed by atoms with Gasteiger partial charge >= 0.3 is 0 Å². The number of amides is 3. The van der Waals surface area contributed by atoms with Crippen molar-refractivity contribution < 1.29 is 23.2 Å². The maximum Gasteiger partial charge on any atom is 0.252 e. The number of anilines is 1. The molecule has 7 nitrogen and oxygen atoms in total. The molecule has 3 aromatic carbocycles. The molecule has 3 N–H and O–H groups in total. The molecule has 0 bridgehead atoms. The molecule has 3 aromatic rings. The summed E-state index contributed by atoms with van der Waals surface area (Å²) >= 11 is 0. The molecule has 0 aromatic heterocycles. The van der Waals surface area contributed by atoms with Crippen molar-refractivity contribution in [2.24, 2.45) is 0 Å². The number of rotatable bonds is 7. The quantitative estimate of drug-likeness (QED) is 0.434.